The zero-order valence-electron chi connectivity index (χ0n) is 15.0. The molecule has 2 heterocycles. The standard InChI is InChI=1S/C21H27N3O/c1-17-6-11-20(15-22-17)21(25)23-14-18-7-9-19(10-8-18)16-24-12-4-2-3-5-13-24/h6-11,15H,2-5,12-14,16H2,1H3,(H,23,25). The molecule has 132 valence electrons. The van der Waals surface area contributed by atoms with Crippen LogP contribution in [0, 0.1) is 6.92 Å². The van der Waals surface area contributed by atoms with Gasteiger partial charge in [-0.1, -0.05) is 37.1 Å². The van der Waals surface area contributed by atoms with Crippen molar-refractivity contribution in [3.05, 3.63) is 65.0 Å². The Hall–Kier alpha value is -2.20. The fourth-order valence-corrected chi connectivity index (χ4v) is 3.20. The molecule has 1 fully saturated rings. The molecule has 4 heteroatoms. The smallest absolute Gasteiger partial charge is 0.253 e. The molecule has 2 aromatic rings. The van der Waals surface area contributed by atoms with Gasteiger partial charge >= 0.3 is 0 Å². The van der Waals surface area contributed by atoms with Gasteiger partial charge in [0.15, 0.2) is 0 Å². The summed E-state index contributed by atoms with van der Waals surface area (Å²) in [5.74, 6) is -0.0823. The van der Waals surface area contributed by atoms with Crippen LogP contribution in [0.15, 0.2) is 42.6 Å². The van der Waals surface area contributed by atoms with Crippen molar-refractivity contribution in [1.29, 1.82) is 0 Å². The quantitative estimate of drug-likeness (QED) is 0.905. The van der Waals surface area contributed by atoms with E-state index in [0.717, 1.165) is 17.8 Å². The van der Waals surface area contributed by atoms with Crippen LogP contribution in [0.4, 0.5) is 0 Å². The maximum atomic E-state index is 12.1. The van der Waals surface area contributed by atoms with Gasteiger partial charge in [-0.3, -0.25) is 14.7 Å². The van der Waals surface area contributed by atoms with Crippen LogP contribution in [-0.2, 0) is 13.1 Å². The molecule has 0 aliphatic carbocycles. The van der Waals surface area contributed by atoms with Crippen molar-refractivity contribution in [1.82, 2.24) is 15.2 Å². The topological polar surface area (TPSA) is 45.2 Å². The van der Waals surface area contributed by atoms with E-state index in [1.54, 1.807) is 6.20 Å². The molecule has 1 saturated heterocycles. The van der Waals surface area contributed by atoms with Crippen LogP contribution in [0.5, 0.6) is 0 Å². The van der Waals surface area contributed by atoms with E-state index < -0.39 is 0 Å². The highest BCUT2D eigenvalue weighted by Gasteiger charge is 2.09. The van der Waals surface area contributed by atoms with Gasteiger partial charge in [-0.25, -0.2) is 0 Å². The van der Waals surface area contributed by atoms with E-state index in [9.17, 15) is 4.79 Å². The van der Waals surface area contributed by atoms with E-state index in [2.05, 4.69) is 39.5 Å². The average molecular weight is 337 g/mol. The Balaban J connectivity index is 1.50. The van der Waals surface area contributed by atoms with Crippen molar-refractivity contribution in [2.24, 2.45) is 0 Å². The summed E-state index contributed by atoms with van der Waals surface area (Å²) in [6, 6.07) is 12.2. The first-order valence-corrected chi connectivity index (χ1v) is 9.22. The molecular weight excluding hydrogens is 310 g/mol. The number of carbonyl (C=O) groups excluding carboxylic acids is 1. The number of aryl methyl sites for hydroxylation is 1. The second-order valence-corrected chi connectivity index (χ2v) is 6.88. The average Bonchev–Trinajstić information content (AvgIpc) is 2.90. The molecule has 1 amide bonds. The van der Waals surface area contributed by atoms with Gasteiger partial charge in [-0.05, 0) is 56.1 Å². The summed E-state index contributed by atoms with van der Waals surface area (Å²) in [6.45, 7) is 5.90. The van der Waals surface area contributed by atoms with E-state index in [1.807, 2.05) is 19.1 Å². The molecule has 1 aromatic carbocycles. The number of nitrogens with zero attached hydrogens (tertiary/aromatic N) is 2. The third-order valence-corrected chi connectivity index (χ3v) is 4.75. The lowest BCUT2D eigenvalue weighted by atomic mass is 10.1. The lowest BCUT2D eigenvalue weighted by molar-refractivity contribution is 0.0950. The number of hydrogen-bond donors (Lipinski definition) is 1. The minimum Gasteiger partial charge on any atom is -0.348 e. The molecule has 0 atom stereocenters. The Morgan fingerprint density at radius 1 is 1.00 bits per heavy atom. The number of pyridine rings is 1. The van der Waals surface area contributed by atoms with Crippen LogP contribution in [0.25, 0.3) is 0 Å². The number of amides is 1. The maximum Gasteiger partial charge on any atom is 0.253 e. The van der Waals surface area contributed by atoms with Crippen molar-refractivity contribution in [3.63, 3.8) is 0 Å². The van der Waals surface area contributed by atoms with Gasteiger partial charge in [0.25, 0.3) is 5.91 Å². The summed E-state index contributed by atoms with van der Waals surface area (Å²) in [5, 5.41) is 2.95. The summed E-state index contributed by atoms with van der Waals surface area (Å²) in [4.78, 5) is 18.8. The van der Waals surface area contributed by atoms with Gasteiger partial charge in [0.2, 0.25) is 0 Å². The van der Waals surface area contributed by atoms with Crippen molar-refractivity contribution in [2.75, 3.05) is 13.1 Å². The number of likely N-dealkylation sites (tertiary alicyclic amines) is 1. The molecule has 0 spiro atoms. The van der Waals surface area contributed by atoms with E-state index in [4.69, 9.17) is 0 Å². The van der Waals surface area contributed by atoms with Crippen molar-refractivity contribution >= 4 is 5.91 Å². The van der Waals surface area contributed by atoms with Crippen LogP contribution >= 0.6 is 0 Å². The predicted octanol–water partition coefficient (Wildman–Crippen LogP) is 3.70. The van der Waals surface area contributed by atoms with Crippen LogP contribution in [0.3, 0.4) is 0 Å². The fourth-order valence-electron chi connectivity index (χ4n) is 3.20. The highest BCUT2D eigenvalue weighted by Crippen LogP contribution is 2.14. The Bertz CT molecular complexity index is 671. The fraction of sp³-hybridized carbons (Fsp3) is 0.429. The van der Waals surface area contributed by atoms with E-state index in [0.29, 0.717) is 12.1 Å². The van der Waals surface area contributed by atoms with Crippen LogP contribution in [-0.4, -0.2) is 28.9 Å². The van der Waals surface area contributed by atoms with Crippen LogP contribution < -0.4 is 5.32 Å². The first kappa shape index (κ1) is 17.6. The largest absolute Gasteiger partial charge is 0.348 e. The van der Waals surface area contributed by atoms with Crippen molar-refractivity contribution < 1.29 is 4.79 Å². The molecule has 4 nitrogen and oxygen atoms in total. The lowest BCUT2D eigenvalue weighted by Crippen LogP contribution is -2.24. The van der Waals surface area contributed by atoms with Gasteiger partial charge in [0.05, 0.1) is 5.56 Å². The Kier molecular flexibility index (Phi) is 6.18. The van der Waals surface area contributed by atoms with Gasteiger partial charge in [0, 0.05) is 25.0 Å². The molecule has 1 aliphatic rings. The van der Waals surface area contributed by atoms with E-state index in [1.165, 1.54) is 44.3 Å². The van der Waals surface area contributed by atoms with Gasteiger partial charge in [0.1, 0.15) is 0 Å². The SMILES string of the molecule is Cc1ccc(C(=O)NCc2ccc(CN3CCCCCC3)cc2)cn1. The van der Waals surface area contributed by atoms with Gasteiger partial charge in [-0.2, -0.15) is 0 Å². The number of rotatable bonds is 5. The normalized spacial score (nSPS) is 15.6. The molecule has 0 radical (unpaired) electrons. The third-order valence-electron chi connectivity index (χ3n) is 4.75. The second-order valence-electron chi connectivity index (χ2n) is 6.88. The summed E-state index contributed by atoms with van der Waals surface area (Å²) in [6.07, 6.45) is 6.99. The lowest BCUT2D eigenvalue weighted by Gasteiger charge is -2.19. The number of aromatic nitrogens is 1. The summed E-state index contributed by atoms with van der Waals surface area (Å²) in [5.41, 5.74) is 3.98. The highest BCUT2D eigenvalue weighted by molar-refractivity contribution is 5.93. The molecule has 25 heavy (non-hydrogen) atoms. The Labute approximate surface area is 150 Å². The molecule has 0 unspecified atom stereocenters. The summed E-state index contributed by atoms with van der Waals surface area (Å²) >= 11 is 0. The number of benzene rings is 1. The van der Waals surface area contributed by atoms with E-state index >= 15 is 0 Å². The monoisotopic (exact) mass is 337 g/mol. The van der Waals surface area contributed by atoms with Crippen molar-refractivity contribution in [2.45, 2.75) is 45.7 Å². The maximum absolute atomic E-state index is 12.1. The minimum atomic E-state index is -0.0823. The zero-order valence-corrected chi connectivity index (χ0v) is 15.0. The second kappa shape index (κ2) is 8.77. The highest BCUT2D eigenvalue weighted by atomic mass is 16.1. The first-order valence-electron chi connectivity index (χ1n) is 9.22. The molecule has 0 bridgehead atoms. The Morgan fingerprint density at radius 2 is 1.68 bits per heavy atom. The van der Waals surface area contributed by atoms with Gasteiger partial charge in [-0.15, -0.1) is 0 Å². The minimum absolute atomic E-state index is 0.0823. The Morgan fingerprint density at radius 3 is 2.32 bits per heavy atom. The molecule has 1 N–H and O–H groups in total. The van der Waals surface area contributed by atoms with Crippen molar-refractivity contribution in [3.8, 4) is 0 Å². The summed E-state index contributed by atoms with van der Waals surface area (Å²) in [7, 11) is 0. The van der Waals surface area contributed by atoms with Gasteiger partial charge < -0.3 is 5.32 Å². The number of carbonyl (C=O) groups is 1. The molecule has 0 saturated carbocycles. The molecule has 3 rings (SSSR count). The molecule has 1 aliphatic heterocycles. The first-order chi connectivity index (χ1) is 12.2. The third kappa shape index (κ3) is 5.40. The number of hydrogen-bond acceptors (Lipinski definition) is 3. The zero-order chi connectivity index (χ0) is 17.5. The van der Waals surface area contributed by atoms with Crippen LogP contribution in [0.2, 0.25) is 0 Å². The van der Waals surface area contributed by atoms with Crippen LogP contribution in [0.1, 0.15) is 52.9 Å². The molecular formula is C21H27N3O. The number of nitrogens with one attached hydrogen (secondary N) is 1. The molecule has 1 aromatic heterocycles. The predicted molar refractivity (Wildman–Crippen MR) is 100 cm³/mol. The summed E-state index contributed by atoms with van der Waals surface area (Å²) < 4.78 is 0. The van der Waals surface area contributed by atoms with E-state index in [-0.39, 0.29) is 5.91 Å².